The van der Waals surface area contributed by atoms with Crippen molar-refractivity contribution in [3.05, 3.63) is 52.8 Å². The Kier molecular flexibility index (Phi) is 3.45. The maximum atomic E-state index is 10.9. The van der Waals surface area contributed by atoms with Crippen LogP contribution in [0.4, 0.5) is 0 Å². The van der Waals surface area contributed by atoms with Crippen LogP contribution >= 0.6 is 11.6 Å². The van der Waals surface area contributed by atoms with Crippen molar-refractivity contribution in [3.63, 3.8) is 0 Å². The average molecular weight is 288 g/mol. The van der Waals surface area contributed by atoms with E-state index < -0.39 is 5.97 Å². The quantitative estimate of drug-likeness (QED) is 0.931. The zero-order valence-corrected chi connectivity index (χ0v) is 11.6. The first-order valence-corrected chi connectivity index (χ1v) is 6.97. The molecule has 1 heterocycles. The number of pyridine rings is 1. The Morgan fingerprint density at radius 3 is 3.00 bits per heavy atom. The lowest BCUT2D eigenvalue weighted by atomic mass is 9.95. The van der Waals surface area contributed by atoms with Gasteiger partial charge in [-0.15, -0.1) is 0 Å². The van der Waals surface area contributed by atoms with Crippen molar-refractivity contribution in [2.24, 2.45) is 0 Å². The monoisotopic (exact) mass is 287 g/mol. The summed E-state index contributed by atoms with van der Waals surface area (Å²) in [5.41, 5.74) is 4.43. The van der Waals surface area contributed by atoms with Gasteiger partial charge in [0.1, 0.15) is 0 Å². The molecule has 0 bridgehead atoms. The molecule has 102 valence electrons. The standard InChI is InChI=1S/C16H14ClNO2/c17-15-9-18-6-5-14(15)11-3-4-13-10(7-11)1-2-12(13)8-16(19)20/h3-7,9,12H,1-2,8H2,(H,19,20). The molecular weight excluding hydrogens is 274 g/mol. The van der Waals surface area contributed by atoms with E-state index in [1.54, 1.807) is 12.4 Å². The maximum Gasteiger partial charge on any atom is 0.303 e. The Balaban J connectivity index is 1.96. The predicted octanol–water partition coefficient (Wildman–Crippen LogP) is 3.91. The lowest BCUT2D eigenvalue weighted by Gasteiger charge is -2.10. The molecule has 1 N–H and O–H groups in total. The van der Waals surface area contributed by atoms with Crippen LogP contribution in [-0.4, -0.2) is 16.1 Å². The van der Waals surface area contributed by atoms with E-state index in [9.17, 15) is 4.79 Å². The maximum absolute atomic E-state index is 10.9. The topological polar surface area (TPSA) is 50.2 Å². The third kappa shape index (κ3) is 2.41. The Labute approximate surface area is 122 Å². The predicted molar refractivity (Wildman–Crippen MR) is 78.0 cm³/mol. The highest BCUT2D eigenvalue weighted by Crippen LogP contribution is 2.38. The number of rotatable bonds is 3. The first-order chi connectivity index (χ1) is 9.65. The third-order valence-electron chi connectivity index (χ3n) is 3.85. The van der Waals surface area contributed by atoms with E-state index in [0.717, 1.165) is 24.0 Å². The minimum absolute atomic E-state index is 0.143. The molecule has 3 nitrogen and oxygen atoms in total. The van der Waals surface area contributed by atoms with Gasteiger partial charge in [0.2, 0.25) is 0 Å². The van der Waals surface area contributed by atoms with Gasteiger partial charge < -0.3 is 5.11 Å². The minimum atomic E-state index is -0.732. The lowest BCUT2D eigenvalue weighted by Crippen LogP contribution is -2.02. The lowest BCUT2D eigenvalue weighted by molar-refractivity contribution is -0.137. The molecule has 0 saturated carbocycles. The molecule has 0 saturated heterocycles. The average Bonchev–Trinajstić information content (AvgIpc) is 2.81. The van der Waals surface area contributed by atoms with E-state index in [0.29, 0.717) is 5.02 Å². The van der Waals surface area contributed by atoms with Crippen molar-refractivity contribution < 1.29 is 9.90 Å². The second kappa shape index (κ2) is 5.25. The zero-order chi connectivity index (χ0) is 14.1. The van der Waals surface area contributed by atoms with Crippen molar-refractivity contribution in [2.45, 2.75) is 25.2 Å². The molecular formula is C16H14ClNO2. The molecule has 0 radical (unpaired) electrons. The Morgan fingerprint density at radius 1 is 1.40 bits per heavy atom. The molecule has 2 aromatic rings. The van der Waals surface area contributed by atoms with Crippen LogP contribution in [-0.2, 0) is 11.2 Å². The van der Waals surface area contributed by atoms with Gasteiger partial charge in [-0.25, -0.2) is 0 Å². The molecule has 3 rings (SSSR count). The van der Waals surface area contributed by atoms with Crippen LogP contribution < -0.4 is 0 Å². The molecule has 20 heavy (non-hydrogen) atoms. The van der Waals surface area contributed by atoms with Crippen LogP contribution in [0.5, 0.6) is 0 Å². The summed E-state index contributed by atoms with van der Waals surface area (Å²) in [6, 6.07) is 8.08. The molecule has 1 unspecified atom stereocenters. The van der Waals surface area contributed by atoms with Gasteiger partial charge in [-0.05, 0) is 41.5 Å². The van der Waals surface area contributed by atoms with E-state index in [1.165, 1.54) is 11.1 Å². The molecule has 0 amide bonds. The number of aliphatic carboxylic acids is 1. The molecule has 1 atom stereocenters. The highest BCUT2D eigenvalue weighted by molar-refractivity contribution is 6.33. The number of hydrogen-bond acceptors (Lipinski definition) is 2. The van der Waals surface area contributed by atoms with Crippen molar-refractivity contribution in [2.75, 3.05) is 0 Å². The molecule has 1 aromatic heterocycles. The summed E-state index contributed by atoms with van der Waals surface area (Å²) in [4.78, 5) is 14.9. The normalized spacial score (nSPS) is 16.9. The smallest absolute Gasteiger partial charge is 0.303 e. The van der Waals surface area contributed by atoms with Crippen LogP contribution in [0, 0.1) is 0 Å². The minimum Gasteiger partial charge on any atom is -0.481 e. The molecule has 1 aliphatic rings. The van der Waals surface area contributed by atoms with Crippen LogP contribution in [0.15, 0.2) is 36.7 Å². The summed E-state index contributed by atoms with van der Waals surface area (Å²) in [5, 5.41) is 9.58. The van der Waals surface area contributed by atoms with Crippen LogP contribution in [0.1, 0.15) is 29.9 Å². The summed E-state index contributed by atoms with van der Waals surface area (Å²) in [6.07, 6.45) is 5.42. The number of fused-ring (bicyclic) bond motifs is 1. The van der Waals surface area contributed by atoms with Gasteiger partial charge in [0.15, 0.2) is 0 Å². The molecule has 0 fully saturated rings. The fourth-order valence-electron chi connectivity index (χ4n) is 2.91. The van der Waals surface area contributed by atoms with E-state index in [-0.39, 0.29) is 12.3 Å². The number of aromatic nitrogens is 1. The number of nitrogens with zero attached hydrogens (tertiary/aromatic N) is 1. The third-order valence-corrected chi connectivity index (χ3v) is 4.15. The van der Waals surface area contributed by atoms with Gasteiger partial charge in [-0.3, -0.25) is 9.78 Å². The van der Waals surface area contributed by atoms with Gasteiger partial charge in [-0.2, -0.15) is 0 Å². The van der Waals surface area contributed by atoms with Gasteiger partial charge in [0, 0.05) is 18.0 Å². The highest BCUT2D eigenvalue weighted by atomic mass is 35.5. The van der Waals surface area contributed by atoms with Crippen LogP contribution in [0.3, 0.4) is 0 Å². The molecule has 0 spiro atoms. The van der Waals surface area contributed by atoms with E-state index in [4.69, 9.17) is 16.7 Å². The second-order valence-corrected chi connectivity index (χ2v) is 5.51. The van der Waals surface area contributed by atoms with Crippen molar-refractivity contribution in [1.29, 1.82) is 0 Å². The van der Waals surface area contributed by atoms with E-state index >= 15 is 0 Å². The summed E-state index contributed by atoms with van der Waals surface area (Å²) in [6.45, 7) is 0. The summed E-state index contributed by atoms with van der Waals surface area (Å²) < 4.78 is 0. The number of hydrogen-bond donors (Lipinski definition) is 1. The summed E-state index contributed by atoms with van der Waals surface area (Å²) in [5.74, 6) is -0.589. The molecule has 1 aromatic carbocycles. The van der Waals surface area contributed by atoms with E-state index in [1.807, 2.05) is 18.2 Å². The zero-order valence-electron chi connectivity index (χ0n) is 10.8. The van der Waals surface area contributed by atoms with Gasteiger partial charge in [0.05, 0.1) is 11.4 Å². The van der Waals surface area contributed by atoms with Crippen molar-refractivity contribution in [3.8, 4) is 11.1 Å². The molecule has 1 aliphatic carbocycles. The fourth-order valence-corrected chi connectivity index (χ4v) is 3.13. The highest BCUT2D eigenvalue weighted by Gasteiger charge is 2.24. The Morgan fingerprint density at radius 2 is 2.25 bits per heavy atom. The first kappa shape index (κ1) is 13.1. The van der Waals surface area contributed by atoms with Gasteiger partial charge in [0.25, 0.3) is 0 Å². The first-order valence-electron chi connectivity index (χ1n) is 6.59. The largest absolute Gasteiger partial charge is 0.481 e. The van der Waals surface area contributed by atoms with Gasteiger partial charge >= 0.3 is 5.97 Å². The van der Waals surface area contributed by atoms with Crippen molar-refractivity contribution in [1.82, 2.24) is 4.98 Å². The SMILES string of the molecule is O=C(O)CC1CCc2cc(-c3ccncc3Cl)ccc21. The van der Waals surface area contributed by atoms with Gasteiger partial charge in [-0.1, -0.05) is 29.8 Å². The second-order valence-electron chi connectivity index (χ2n) is 5.10. The fraction of sp³-hybridized carbons (Fsp3) is 0.250. The van der Waals surface area contributed by atoms with Crippen molar-refractivity contribution >= 4 is 17.6 Å². The number of benzene rings is 1. The number of carboxylic acids is 1. The molecule has 0 aliphatic heterocycles. The van der Waals surface area contributed by atoms with Crippen LogP contribution in [0.2, 0.25) is 5.02 Å². The van der Waals surface area contributed by atoms with E-state index in [2.05, 4.69) is 11.1 Å². The Bertz CT molecular complexity index is 669. The van der Waals surface area contributed by atoms with Crippen LogP contribution in [0.25, 0.3) is 11.1 Å². The number of aryl methyl sites for hydroxylation is 1. The molecule has 4 heteroatoms. The number of carboxylic acid groups (broad SMARTS) is 1. The number of halogens is 1. The number of carbonyl (C=O) groups is 1. The summed E-state index contributed by atoms with van der Waals surface area (Å²) >= 11 is 6.17. The summed E-state index contributed by atoms with van der Waals surface area (Å²) in [7, 11) is 0. The Hall–Kier alpha value is -1.87.